The molecule has 0 aromatic heterocycles. The highest BCUT2D eigenvalue weighted by Gasteiger charge is 2.03. The number of halogens is 1. The number of carbonyl (C=O) groups excluding carboxylic acids is 1. The number of hydrogen-bond acceptors (Lipinski definition) is 3. The number of anilines is 1. The lowest BCUT2D eigenvalue weighted by molar-refractivity contribution is -0.115. The Labute approximate surface area is 110 Å². The molecule has 5 heteroatoms. The molecule has 0 spiro atoms. The monoisotopic (exact) mass is 300 g/mol. The van der Waals surface area contributed by atoms with E-state index in [-0.39, 0.29) is 18.6 Å². The second-order valence-corrected chi connectivity index (χ2v) is 4.65. The Kier molecular flexibility index (Phi) is 6.18. The van der Waals surface area contributed by atoms with Crippen LogP contribution in [0.1, 0.15) is 6.92 Å². The van der Waals surface area contributed by atoms with Crippen LogP contribution in [-0.2, 0) is 9.53 Å². The minimum atomic E-state index is -0.0635. The smallest absolute Gasteiger partial charge is 0.238 e. The molecule has 0 saturated carbocycles. The van der Waals surface area contributed by atoms with Crippen LogP contribution in [0.5, 0.6) is 0 Å². The largest absolute Gasteiger partial charge is 0.380 e. The number of methoxy groups -OCH3 is 1. The zero-order valence-electron chi connectivity index (χ0n) is 10.00. The second-order valence-electron chi connectivity index (χ2n) is 3.74. The third-order valence-corrected chi connectivity index (χ3v) is 2.72. The van der Waals surface area contributed by atoms with Gasteiger partial charge in [0.25, 0.3) is 0 Å². The van der Waals surface area contributed by atoms with Crippen LogP contribution in [0, 0.1) is 0 Å². The maximum absolute atomic E-state index is 11.6. The highest BCUT2D eigenvalue weighted by Crippen LogP contribution is 2.15. The molecule has 1 aromatic carbocycles. The first-order valence-electron chi connectivity index (χ1n) is 5.40. The summed E-state index contributed by atoms with van der Waals surface area (Å²) in [6.07, 6.45) is 0.105. The molecule has 1 rings (SSSR count). The summed E-state index contributed by atoms with van der Waals surface area (Å²) in [7, 11) is 1.65. The number of rotatable bonds is 6. The molecule has 0 heterocycles. The van der Waals surface area contributed by atoms with E-state index in [1.807, 2.05) is 31.2 Å². The predicted molar refractivity (Wildman–Crippen MR) is 72.1 cm³/mol. The van der Waals surface area contributed by atoms with Gasteiger partial charge in [-0.25, -0.2) is 0 Å². The molecular formula is C12H17BrN2O2. The van der Waals surface area contributed by atoms with E-state index in [9.17, 15) is 4.79 Å². The summed E-state index contributed by atoms with van der Waals surface area (Å²) >= 11 is 3.35. The SMILES string of the molecule is COC(C)CNCC(=O)Nc1cccc(Br)c1. The molecule has 0 radical (unpaired) electrons. The normalized spacial score (nSPS) is 12.2. The minimum Gasteiger partial charge on any atom is -0.380 e. The number of carbonyl (C=O) groups is 1. The van der Waals surface area contributed by atoms with Gasteiger partial charge in [0.05, 0.1) is 12.6 Å². The van der Waals surface area contributed by atoms with E-state index in [0.717, 1.165) is 10.2 Å². The van der Waals surface area contributed by atoms with Gasteiger partial charge in [-0.15, -0.1) is 0 Å². The van der Waals surface area contributed by atoms with Crippen molar-refractivity contribution < 1.29 is 9.53 Å². The highest BCUT2D eigenvalue weighted by molar-refractivity contribution is 9.10. The van der Waals surface area contributed by atoms with Gasteiger partial charge in [-0.05, 0) is 25.1 Å². The maximum Gasteiger partial charge on any atom is 0.238 e. The van der Waals surface area contributed by atoms with E-state index in [1.54, 1.807) is 7.11 Å². The van der Waals surface area contributed by atoms with E-state index in [0.29, 0.717) is 6.54 Å². The van der Waals surface area contributed by atoms with Crippen molar-refractivity contribution in [3.8, 4) is 0 Å². The van der Waals surface area contributed by atoms with Crippen molar-refractivity contribution in [2.45, 2.75) is 13.0 Å². The molecule has 1 aromatic rings. The molecule has 94 valence electrons. The fourth-order valence-corrected chi connectivity index (χ4v) is 1.64. The lowest BCUT2D eigenvalue weighted by Gasteiger charge is -2.10. The number of hydrogen-bond donors (Lipinski definition) is 2. The highest BCUT2D eigenvalue weighted by atomic mass is 79.9. The first-order chi connectivity index (χ1) is 8.11. The van der Waals surface area contributed by atoms with Gasteiger partial charge in [-0.3, -0.25) is 4.79 Å². The van der Waals surface area contributed by atoms with E-state index < -0.39 is 0 Å². The maximum atomic E-state index is 11.6. The number of amides is 1. The molecule has 0 aliphatic rings. The van der Waals surface area contributed by atoms with Crippen LogP contribution in [0.15, 0.2) is 28.7 Å². The van der Waals surface area contributed by atoms with Crippen molar-refractivity contribution in [1.29, 1.82) is 0 Å². The average molecular weight is 301 g/mol. The van der Waals surface area contributed by atoms with E-state index in [4.69, 9.17) is 4.74 Å². The van der Waals surface area contributed by atoms with Gasteiger partial charge in [0, 0.05) is 23.8 Å². The van der Waals surface area contributed by atoms with Crippen molar-refractivity contribution >= 4 is 27.5 Å². The first-order valence-corrected chi connectivity index (χ1v) is 6.20. The van der Waals surface area contributed by atoms with E-state index in [1.165, 1.54) is 0 Å². The van der Waals surface area contributed by atoms with Crippen LogP contribution in [0.25, 0.3) is 0 Å². The Morgan fingerprint density at radius 1 is 1.53 bits per heavy atom. The summed E-state index contributed by atoms with van der Waals surface area (Å²) in [4.78, 5) is 11.6. The third kappa shape index (κ3) is 5.81. The second kappa shape index (κ2) is 7.42. The fraction of sp³-hybridized carbons (Fsp3) is 0.417. The Morgan fingerprint density at radius 3 is 2.94 bits per heavy atom. The molecule has 0 bridgehead atoms. The Bertz CT molecular complexity index is 371. The van der Waals surface area contributed by atoms with Crippen molar-refractivity contribution in [3.63, 3.8) is 0 Å². The van der Waals surface area contributed by atoms with E-state index in [2.05, 4.69) is 26.6 Å². The summed E-state index contributed by atoms with van der Waals surface area (Å²) in [6.45, 7) is 2.88. The minimum absolute atomic E-state index is 0.0635. The zero-order valence-corrected chi connectivity index (χ0v) is 11.6. The molecule has 0 aliphatic carbocycles. The molecule has 2 N–H and O–H groups in total. The summed E-state index contributed by atoms with van der Waals surface area (Å²) < 4.78 is 6.01. The Balaban J connectivity index is 2.30. The first kappa shape index (κ1) is 14.2. The fourth-order valence-electron chi connectivity index (χ4n) is 1.24. The summed E-state index contributed by atoms with van der Waals surface area (Å²) in [5.74, 6) is -0.0635. The van der Waals surface area contributed by atoms with Crippen LogP contribution in [-0.4, -0.2) is 32.2 Å². The molecule has 0 saturated heterocycles. The van der Waals surface area contributed by atoms with Crippen LogP contribution in [0.3, 0.4) is 0 Å². The van der Waals surface area contributed by atoms with Gasteiger partial charge >= 0.3 is 0 Å². The molecule has 1 unspecified atom stereocenters. The van der Waals surface area contributed by atoms with Crippen molar-refractivity contribution in [2.24, 2.45) is 0 Å². The lowest BCUT2D eigenvalue weighted by atomic mass is 10.3. The Hall–Kier alpha value is -0.910. The van der Waals surface area contributed by atoms with Gasteiger partial charge in [-0.2, -0.15) is 0 Å². The van der Waals surface area contributed by atoms with Crippen LogP contribution < -0.4 is 10.6 Å². The molecule has 17 heavy (non-hydrogen) atoms. The molecule has 4 nitrogen and oxygen atoms in total. The van der Waals surface area contributed by atoms with Gasteiger partial charge in [0.2, 0.25) is 5.91 Å². The van der Waals surface area contributed by atoms with Crippen molar-refractivity contribution in [1.82, 2.24) is 5.32 Å². The van der Waals surface area contributed by atoms with Gasteiger partial charge in [0.1, 0.15) is 0 Å². The molecule has 0 fully saturated rings. The predicted octanol–water partition coefficient (Wildman–Crippen LogP) is 2.01. The topological polar surface area (TPSA) is 50.4 Å². The van der Waals surface area contributed by atoms with Crippen LogP contribution in [0.4, 0.5) is 5.69 Å². The lowest BCUT2D eigenvalue weighted by Crippen LogP contribution is -2.33. The van der Waals surface area contributed by atoms with Crippen LogP contribution in [0.2, 0.25) is 0 Å². The summed E-state index contributed by atoms with van der Waals surface area (Å²) in [6, 6.07) is 7.49. The van der Waals surface area contributed by atoms with Crippen LogP contribution >= 0.6 is 15.9 Å². The van der Waals surface area contributed by atoms with Crippen molar-refractivity contribution in [3.05, 3.63) is 28.7 Å². The van der Waals surface area contributed by atoms with Gasteiger partial charge in [-0.1, -0.05) is 22.0 Å². The molecular weight excluding hydrogens is 284 g/mol. The number of nitrogens with one attached hydrogen (secondary N) is 2. The summed E-state index contributed by atoms with van der Waals surface area (Å²) in [5.41, 5.74) is 0.783. The summed E-state index contributed by atoms with van der Waals surface area (Å²) in [5, 5.41) is 5.82. The number of ether oxygens (including phenoxy) is 1. The molecule has 0 aliphatic heterocycles. The van der Waals surface area contributed by atoms with E-state index >= 15 is 0 Å². The molecule has 1 amide bonds. The zero-order chi connectivity index (χ0) is 12.7. The van der Waals surface area contributed by atoms with Crippen molar-refractivity contribution in [2.75, 3.05) is 25.5 Å². The Morgan fingerprint density at radius 2 is 2.29 bits per heavy atom. The third-order valence-electron chi connectivity index (χ3n) is 2.23. The average Bonchev–Trinajstić information content (AvgIpc) is 2.28. The van der Waals surface area contributed by atoms with Gasteiger partial charge in [0.15, 0.2) is 0 Å². The quantitative estimate of drug-likeness (QED) is 0.845. The molecule has 1 atom stereocenters. The standard InChI is InChI=1S/C12H17BrN2O2/c1-9(17-2)7-14-8-12(16)15-11-5-3-4-10(13)6-11/h3-6,9,14H,7-8H2,1-2H3,(H,15,16). The number of benzene rings is 1. The van der Waals surface area contributed by atoms with Gasteiger partial charge < -0.3 is 15.4 Å².